The van der Waals surface area contributed by atoms with Crippen LogP contribution in [-0.2, 0) is 0 Å². The molecule has 2 aliphatic rings. The Labute approximate surface area is 140 Å². The van der Waals surface area contributed by atoms with Crippen LogP contribution in [0.25, 0.3) is 10.9 Å². The maximum Gasteiger partial charge on any atom is 0.272 e. The predicted molar refractivity (Wildman–Crippen MR) is 89.6 cm³/mol. The Bertz CT molecular complexity index is 745. The first-order valence-corrected chi connectivity index (χ1v) is 8.48. The Morgan fingerprint density at radius 3 is 2.83 bits per heavy atom. The lowest BCUT2D eigenvalue weighted by molar-refractivity contribution is -0.358. The third-order valence-corrected chi connectivity index (χ3v) is 5.49. The molecule has 2 saturated heterocycles. The van der Waals surface area contributed by atoms with Crippen molar-refractivity contribution in [1.82, 2.24) is 20.4 Å². The maximum atomic E-state index is 12.6. The highest BCUT2D eigenvalue weighted by molar-refractivity contribution is 6.05. The van der Waals surface area contributed by atoms with Crippen LogP contribution in [0.4, 0.5) is 5.69 Å². The number of hydrogen-bond donors (Lipinski definition) is 3. The van der Waals surface area contributed by atoms with Crippen LogP contribution in [0.5, 0.6) is 0 Å². The summed E-state index contributed by atoms with van der Waals surface area (Å²) in [5.41, 5.74) is 1.90. The summed E-state index contributed by atoms with van der Waals surface area (Å²) < 4.78 is 0. The number of benzene rings is 1. The summed E-state index contributed by atoms with van der Waals surface area (Å²) in [6.07, 6.45) is 4.49. The average molecular weight is 328 g/mol. The molecule has 2 fully saturated rings. The minimum atomic E-state index is -0.383. The minimum Gasteiger partial charge on any atom is -0.839 e. The number of nitrogens with one attached hydrogen (secondary N) is 3. The zero-order valence-corrected chi connectivity index (χ0v) is 13.7. The summed E-state index contributed by atoms with van der Waals surface area (Å²) >= 11 is 0. The fourth-order valence-corrected chi connectivity index (χ4v) is 4.17. The Morgan fingerprint density at radius 2 is 2.12 bits per heavy atom. The quantitative estimate of drug-likeness (QED) is 0.716. The van der Waals surface area contributed by atoms with Crippen molar-refractivity contribution in [3.05, 3.63) is 23.9 Å². The van der Waals surface area contributed by atoms with E-state index in [4.69, 9.17) is 0 Å². The molecule has 24 heavy (non-hydrogen) atoms. The van der Waals surface area contributed by atoms with Gasteiger partial charge in [0.15, 0.2) is 5.69 Å². The van der Waals surface area contributed by atoms with Crippen LogP contribution >= 0.6 is 0 Å². The molecule has 2 bridgehead atoms. The second-order valence-electron chi connectivity index (χ2n) is 6.85. The van der Waals surface area contributed by atoms with E-state index in [-0.39, 0.29) is 18.7 Å². The molecule has 7 heteroatoms. The summed E-state index contributed by atoms with van der Waals surface area (Å²) in [4.78, 5) is 15.1. The number of hydrogen-bond acceptors (Lipinski definition) is 5. The first-order valence-electron chi connectivity index (χ1n) is 8.48. The molecular formula is C17H22N5O2-. The third-order valence-electron chi connectivity index (χ3n) is 5.49. The lowest BCUT2D eigenvalue weighted by atomic mass is 9.98. The highest BCUT2D eigenvalue weighted by Crippen LogP contribution is 2.34. The van der Waals surface area contributed by atoms with E-state index in [1.54, 1.807) is 12.1 Å². The van der Waals surface area contributed by atoms with Gasteiger partial charge in [-0.25, -0.2) is 0 Å². The van der Waals surface area contributed by atoms with Gasteiger partial charge in [-0.3, -0.25) is 9.89 Å². The van der Waals surface area contributed by atoms with Gasteiger partial charge in [-0.15, -0.1) is 0 Å². The Kier molecular flexibility index (Phi) is 3.90. The molecule has 1 aromatic heterocycles. The van der Waals surface area contributed by atoms with E-state index in [1.807, 2.05) is 6.07 Å². The van der Waals surface area contributed by atoms with Crippen LogP contribution in [0.15, 0.2) is 18.2 Å². The van der Waals surface area contributed by atoms with Crippen molar-refractivity contribution < 1.29 is 9.90 Å². The van der Waals surface area contributed by atoms with Crippen molar-refractivity contribution in [2.45, 2.75) is 43.8 Å². The van der Waals surface area contributed by atoms with Gasteiger partial charge in [0.2, 0.25) is 0 Å². The van der Waals surface area contributed by atoms with E-state index >= 15 is 0 Å². The number of H-pyrrole nitrogens is 1. The van der Waals surface area contributed by atoms with Crippen molar-refractivity contribution in [2.75, 3.05) is 19.1 Å². The normalized spacial score (nSPS) is 26.7. The smallest absolute Gasteiger partial charge is 0.272 e. The van der Waals surface area contributed by atoms with E-state index < -0.39 is 0 Å². The van der Waals surface area contributed by atoms with Crippen LogP contribution < -0.4 is 15.7 Å². The Balaban J connectivity index is 1.49. The molecule has 0 saturated carbocycles. The molecule has 1 aromatic carbocycles. The molecule has 2 unspecified atom stereocenters. The summed E-state index contributed by atoms with van der Waals surface area (Å²) in [6.45, 7) is -0.383. The molecule has 0 radical (unpaired) electrons. The summed E-state index contributed by atoms with van der Waals surface area (Å²) in [5.74, 6) is -0.125. The molecule has 0 aliphatic carbocycles. The molecule has 2 aliphatic heterocycles. The molecule has 7 nitrogen and oxygen atoms in total. The molecule has 128 valence electrons. The number of carbonyl (C=O) groups is 1. The first kappa shape index (κ1) is 15.4. The molecule has 0 spiro atoms. The summed E-state index contributed by atoms with van der Waals surface area (Å²) in [5, 5.41) is 24.4. The molecule has 1 amide bonds. The van der Waals surface area contributed by atoms with Crippen LogP contribution in [0.2, 0.25) is 0 Å². The fourth-order valence-electron chi connectivity index (χ4n) is 4.17. The Hall–Kier alpha value is -2.12. The van der Waals surface area contributed by atoms with Gasteiger partial charge in [0.1, 0.15) is 0 Å². The number of fused-ring (bicyclic) bond motifs is 3. The predicted octanol–water partition coefficient (Wildman–Crippen LogP) is 0.648. The van der Waals surface area contributed by atoms with Crippen LogP contribution in [-0.4, -0.2) is 52.9 Å². The number of aromatic nitrogens is 2. The fraction of sp³-hybridized carbons (Fsp3) is 0.529. The lowest BCUT2D eigenvalue weighted by Gasteiger charge is -2.36. The highest BCUT2D eigenvalue weighted by atomic mass is 16.3. The van der Waals surface area contributed by atoms with Gasteiger partial charge in [0.25, 0.3) is 5.91 Å². The first-order chi connectivity index (χ1) is 11.7. The van der Waals surface area contributed by atoms with E-state index in [0.717, 1.165) is 29.4 Å². The van der Waals surface area contributed by atoms with Gasteiger partial charge in [-0.1, -0.05) is 6.73 Å². The van der Waals surface area contributed by atoms with E-state index in [2.05, 4.69) is 32.8 Å². The van der Waals surface area contributed by atoms with Gasteiger partial charge in [-0.05, 0) is 50.9 Å². The summed E-state index contributed by atoms with van der Waals surface area (Å²) in [7, 11) is 2.19. The van der Waals surface area contributed by atoms with Crippen molar-refractivity contribution in [3.63, 3.8) is 0 Å². The van der Waals surface area contributed by atoms with Crippen molar-refractivity contribution in [3.8, 4) is 0 Å². The van der Waals surface area contributed by atoms with E-state index in [9.17, 15) is 9.90 Å². The molecule has 3 heterocycles. The number of anilines is 1. The average Bonchev–Trinajstić information content (AvgIpc) is 3.05. The number of rotatable bonds is 4. The highest BCUT2D eigenvalue weighted by Gasteiger charge is 2.39. The second kappa shape index (κ2) is 6.07. The maximum absolute atomic E-state index is 12.6. The summed E-state index contributed by atoms with van der Waals surface area (Å²) in [6, 6.07) is 6.81. The Morgan fingerprint density at radius 1 is 1.38 bits per heavy atom. The van der Waals surface area contributed by atoms with Crippen LogP contribution in [0.3, 0.4) is 0 Å². The van der Waals surface area contributed by atoms with Crippen molar-refractivity contribution in [2.24, 2.45) is 0 Å². The monoisotopic (exact) mass is 328 g/mol. The molecule has 2 atom stereocenters. The number of aromatic amines is 1. The van der Waals surface area contributed by atoms with E-state index in [0.29, 0.717) is 17.8 Å². The number of nitrogens with zero attached hydrogens (tertiary/aromatic N) is 2. The van der Waals surface area contributed by atoms with Gasteiger partial charge in [0.05, 0.1) is 5.52 Å². The van der Waals surface area contributed by atoms with Crippen molar-refractivity contribution in [1.29, 1.82) is 0 Å². The zero-order valence-electron chi connectivity index (χ0n) is 13.7. The molecule has 3 N–H and O–H groups in total. The van der Waals surface area contributed by atoms with E-state index in [1.165, 1.54) is 12.8 Å². The molecule has 4 rings (SSSR count). The largest absolute Gasteiger partial charge is 0.839 e. The van der Waals surface area contributed by atoms with Crippen LogP contribution in [0.1, 0.15) is 36.2 Å². The third kappa shape index (κ3) is 2.63. The van der Waals surface area contributed by atoms with Gasteiger partial charge in [0, 0.05) is 29.2 Å². The van der Waals surface area contributed by atoms with Gasteiger partial charge >= 0.3 is 0 Å². The lowest BCUT2D eigenvalue weighted by Crippen LogP contribution is -2.48. The number of carbonyl (C=O) groups excluding carboxylic acids is 1. The molecular weight excluding hydrogens is 306 g/mol. The second-order valence-corrected chi connectivity index (χ2v) is 6.85. The SMILES string of the molecule is CN1C2CCC1CC(NC(=O)c1n[nH]c3cc(NC[O-])ccc13)C2. The van der Waals surface area contributed by atoms with Gasteiger partial charge < -0.3 is 20.6 Å². The standard InChI is InChI=1S/C17H22N5O2/c1-22-12-3-4-13(22)7-11(6-12)19-17(24)16-14-5-2-10(18-9-23)8-15(14)20-21-16/h2,5,8,11-13,18H,3-4,6-7,9H2,1H3,(H,19,24)(H,20,21)/q-1. The van der Waals surface area contributed by atoms with Crippen molar-refractivity contribution >= 4 is 22.5 Å². The van der Waals surface area contributed by atoms with Gasteiger partial charge in [-0.2, -0.15) is 5.10 Å². The molecule has 2 aromatic rings. The number of piperidine rings is 1. The van der Waals surface area contributed by atoms with Crippen LogP contribution in [0, 0.1) is 0 Å². The topological polar surface area (TPSA) is 96.1 Å². The minimum absolute atomic E-state index is 0.125. The number of amides is 1. The zero-order chi connectivity index (χ0) is 16.7.